The number of methoxy groups -OCH3 is 4. The van der Waals surface area contributed by atoms with Gasteiger partial charge in [0, 0.05) is 190 Å². The minimum Gasteiger partial charge on any atom is -0.495 e. The van der Waals surface area contributed by atoms with Crippen molar-refractivity contribution in [1.82, 2.24) is 78.7 Å². The zero-order valence-electron chi connectivity index (χ0n) is 66.5. The molecule has 4 saturated heterocycles. The lowest BCUT2D eigenvalue weighted by molar-refractivity contribution is -0.385. The van der Waals surface area contributed by atoms with E-state index >= 15 is 0 Å². The molecule has 4 aromatic carbocycles. The number of ether oxygens (including phenoxy) is 4. The van der Waals surface area contributed by atoms with Crippen molar-refractivity contribution in [3.8, 4) is 23.0 Å². The number of pyridine rings is 4. The van der Waals surface area contributed by atoms with Crippen LogP contribution in [0.2, 0.25) is 20.1 Å². The Kier molecular flexibility index (Phi) is 27.2. The molecule has 16 rings (SSSR count). The van der Waals surface area contributed by atoms with Gasteiger partial charge in [-0.05, 0) is 109 Å². The molecule has 3 N–H and O–H groups in total. The molecule has 12 aromatic rings. The fourth-order valence-corrected chi connectivity index (χ4v) is 14.9. The van der Waals surface area contributed by atoms with E-state index < -0.39 is 4.92 Å². The molecule has 36 nitrogen and oxygen atoms in total. The van der Waals surface area contributed by atoms with Crippen LogP contribution in [0.3, 0.4) is 0 Å². The number of nitro groups is 1. The molecule has 0 atom stereocenters. The standard InChI is InChI=1S/C22H25ClN6O2.C20H21ClN6O4.C19H19ClN8O2.C19H21ClN6O2/c1-15(2)25-20-7-4-16-13-24-29(22(16)26-20)14-21(30)28-10-8-27(9-11-28)17-5-6-18(23)19(12-17)31-3;1-13-16-9-15(27(29)30)11-22-20(16)26(23-13)12-19(28)25-7-5-24(6-8-25)14-3-4-17(21)18(10-14)31-2;1-30-16-10-14(3-4-15(16)20)26-6-8-27(9-7-26)18(29)12-28-19-13(11-22-28)2-5-17(23-19)24-25-21;1-28-16-10-14(3-4-15(16)20)24-6-8-25(9-7-24)18(27)12-26-19-13(11-22-26)2-5-17(21)23-19/h4-7,12-13H,1,8-11,14H2,2-3H3,(H,25,26);3-4,9-11H,5-8,12H2,1-2H3;2-5,10-11H,6-9,12H2,1H3;2-5,10-11H,6-9,12H2,1H3,(H2,21,23). The van der Waals surface area contributed by atoms with Gasteiger partial charge in [0.15, 0.2) is 22.6 Å². The van der Waals surface area contributed by atoms with Crippen molar-refractivity contribution >= 4 is 160 Å². The Balaban J connectivity index is 0.000000138. The van der Waals surface area contributed by atoms with Gasteiger partial charge in [-0.15, -0.1) is 0 Å². The summed E-state index contributed by atoms with van der Waals surface area (Å²) in [5.74, 6) is 3.81. The van der Waals surface area contributed by atoms with Crippen LogP contribution in [0.4, 0.5) is 45.9 Å². The van der Waals surface area contributed by atoms with Crippen molar-refractivity contribution in [3.63, 3.8) is 0 Å². The third kappa shape index (κ3) is 20.2. The van der Waals surface area contributed by atoms with Gasteiger partial charge >= 0.3 is 0 Å². The molecule has 12 heterocycles. The van der Waals surface area contributed by atoms with Crippen molar-refractivity contribution in [3.05, 3.63) is 199 Å². The Morgan fingerprint density at radius 3 is 1.20 bits per heavy atom. The molecule has 0 bridgehead atoms. The Hall–Kier alpha value is -13.2. The first-order chi connectivity index (χ1) is 57.9. The van der Waals surface area contributed by atoms with Gasteiger partial charge in [-0.1, -0.05) is 53.0 Å². The fourth-order valence-electron chi connectivity index (χ4n) is 14.2. The van der Waals surface area contributed by atoms with Gasteiger partial charge < -0.3 is 69.2 Å². The number of nitrogens with zero attached hydrogens (tertiary/aromatic N) is 24. The SMILES string of the molecule is C=C(C)Nc1ccc2cnn(CC(=O)N3CCN(c4ccc(Cl)c(OC)c4)CC3)c2n1.COc1cc(N2CCN(C(=O)Cn3nc(C)c4cc([N+](=O)[O-])cnc43)CC2)ccc1Cl.COc1cc(N2CCN(C(=O)Cn3ncc4ccc(N)nc43)CC2)ccc1Cl.COc1cc(N2CCN(C(=O)Cn3ncc4ccc(N=[N+]=[N-])nc43)CC2)ccc1Cl. The van der Waals surface area contributed by atoms with Gasteiger partial charge in [-0.2, -0.15) is 20.4 Å². The average molecular weight is 1710 g/mol. The number of nitrogens with one attached hydrogen (secondary N) is 1. The molecule has 120 heavy (non-hydrogen) atoms. The molecule has 4 fully saturated rings. The predicted octanol–water partition coefficient (Wildman–Crippen LogP) is 11.5. The molecule has 4 amide bonds. The summed E-state index contributed by atoms with van der Waals surface area (Å²) in [6.07, 6.45) is 6.25. The quantitative estimate of drug-likeness (QED) is 0.0235. The van der Waals surface area contributed by atoms with E-state index in [0.717, 1.165) is 70.8 Å². The maximum Gasteiger partial charge on any atom is 0.288 e. The van der Waals surface area contributed by atoms with Crippen molar-refractivity contribution < 1.29 is 43.0 Å². The van der Waals surface area contributed by atoms with E-state index in [2.05, 4.69) is 81.9 Å². The molecule has 4 aliphatic rings. The zero-order valence-corrected chi connectivity index (χ0v) is 69.6. The summed E-state index contributed by atoms with van der Waals surface area (Å²) in [4.78, 5) is 98.0. The minimum atomic E-state index is -0.496. The van der Waals surface area contributed by atoms with Crippen LogP contribution in [-0.2, 0) is 45.4 Å². The molecule has 0 radical (unpaired) electrons. The number of amides is 4. The number of halogens is 4. The van der Waals surface area contributed by atoms with Gasteiger partial charge in [0.2, 0.25) is 23.6 Å². The fraction of sp³-hybridized carbons (Fsp3) is 0.325. The van der Waals surface area contributed by atoms with Gasteiger partial charge in [-0.3, -0.25) is 29.3 Å². The van der Waals surface area contributed by atoms with Crippen LogP contribution in [-0.4, -0.2) is 240 Å². The second kappa shape index (κ2) is 38.5. The lowest BCUT2D eigenvalue weighted by Crippen LogP contribution is -2.49. The number of piperazine rings is 4. The van der Waals surface area contributed by atoms with E-state index in [1.807, 2.05) is 107 Å². The Bertz CT molecular complexity index is 5830. The van der Waals surface area contributed by atoms with E-state index in [1.165, 1.54) is 21.6 Å². The smallest absolute Gasteiger partial charge is 0.288 e. The highest BCUT2D eigenvalue weighted by atomic mass is 35.5. The summed E-state index contributed by atoms with van der Waals surface area (Å²) in [6.45, 7) is 18.5. The molecule has 0 saturated carbocycles. The van der Waals surface area contributed by atoms with Crippen LogP contribution < -0.4 is 49.6 Å². The summed E-state index contributed by atoms with van der Waals surface area (Å²) < 4.78 is 27.5. The highest BCUT2D eigenvalue weighted by Crippen LogP contribution is 2.35. The second-order valence-corrected chi connectivity index (χ2v) is 29.8. The maximum atomic E-state index is 12.9. The van der Waals surface area contributed by atoms with Crippen LogP contribution in [0.5, 0.6) is 23.0 Å². The predicted molar refractivity (Wildman–Crippen MR) is 460 cm³/mol. The number of hydrogen-bond acceptors (Lipinski definition) is 25. The van der Waals surface area contributed by atoms with Crippen LogP contribution >= 0.6 is 46.4 Å². The highest BCUT2D eigenvalue weighted by Gasteiger charge is 2.29. The molecule has 0 unspecified atom stereocenters. The first kappa shape index (κ1) is 84.8. The average Bonchev–Trinajstić information content (AvgIpc) is 1.64. The first-order valence-electron chi connectivity index (χ1n) is 38.1. The highest BCUT2D eigenvalue weighted by molar-refractivity contribution is 6.33. The van der Waals surface area contributed by atoms with Crippen molar-refractivity contribution in [2.75, 3.05) is 164 Å². The van der Waals surface area contributed by atoms with Gasteiger partial charge in [0.1, 0.15) is 72.8 Å². The number of carbonyl (C=O) groups is 4. The number of rotatable bonds is 20. The monoisotopic (exact) mass is 1710 g/mol. The van der Waals surface area contributed by atoms with E-state index in [-0.39, 0.29) is 61.3 Å². The summed E-state index contributed by atoms with van der Waals surface area (Å²) in [5.41, 5.74) is 22.0. The molecule has 4 aliphatic heterocycles. The number of nitrogens with two attached hydrogens (primary N) is 1. The van der Waals surface area contributed by atoms with Crippen molar-refractivity contribution in [2.24, 2.45) is 5.11 Å². The number of azide groups is 1. The Morgan fingerprint density at radius 2 is 0.842 bits per heavy atom. The van der Waals surface area contributed by atoms with Gasteiger partial charge in [0.05, 0.1) is 77.7 Å². The van der Waals surface area contributed by atoms with Crippen molar-refractivity contribution in [1.29, 1.82) is 0 Å². The van der Waals surface area contributed by atoms with Crippen LogP contribution in [0.25, 0.3) is 54.6 Å². The van der Waals surface area contributed by atoms with Gasteiger partial charge in [-0.25, -0.2) is 38.7 Å². The number of nitrogen functional groups attached to an aromatic ring is 1. The molecule has 8 aromatic heterocycles. The third-order valence-corrected chi connectivity index (χ3v) is 21.8. The maximum absolute atomic E-state index is 12.9. The lowest BCUT2D eigenvalue weighted by atomic mass is 10.2. The zero-order chi connectivity index (χ0) is 84.8. The van der Waals surface area contributed by atoms with Crippen molar-refractivity contribution in [2.45, 2.75) is 40.0 Å². The number of aryl methyl sites for hydroxylation is 1. The summed E-state index contributed by atoms with van der Waals surface area (Å²) in [7, 11) is 6.37. The summed E-state index contributed by atoms with van der Waals surface area (Å²) in [6, 6.07) is 34.9. The van der Waals surface area contributed by atoms with E-state index in [9.17, 15) is 29.3 Å². The van der Waals surface area contributed by atoms with E-state index in [1.54, 1.807) is 92.5 Å². The Labute approximate surface area is 708 Å². The Morgan fingerprint density at radius 1 is 0.492 bits per heavy atom. The van der Waals surface area contributed by atoms with E-state index in [4.69, 9.17) is 76.6 Å². The lowest BCUT2D eigenvalue weighted by Gasteiger charge is -2.36. The van der Waals surface area contributed by atoms with E-state index in [0.29, 0.717) is 167 Å². The number of aromatic nitrogens is 12. The van der Waals surface area contributed by atoms with Crippen LogP contribution in [0, 0.1) is 17.0 Å². The molecule has 40 heteroatoms. The van der Waals surface area contributed by atoms with Crippen LogP contribution in [0.1, 0.15) is 12.6 Å². The largest absolute Gasteiger partial charge is 0.495 e. The molecular formula is C80H86Cl4N26O10. The number of hydrogen-bond donors (Lipinski definition) is 2. The molecule has 624 valence electrons. The number of anilines is 6. The van der Waals surface area contributed by atoms with Crippen LogP contribution in [0.15, 0.2) is 157 Å². The molecule has 0 aliphatic carbocycles. The number of carbonyl (C=O) groups excluding carboxylic acids is 4. The minimum absolute atomic E-state index is 0.0163. The van der Waals surface area contributed by atoms with Gasteiger partial charge in [0.25, 0.3) is 5.69 Å². The first-order valence-corrected chi connectivity index (χ1v) is 39.6. The summed E-state index contributed by atoms with van der Waals surface area (Å²) >= 11 is 24.4. The normalized spacial score (nSPS) is 14.2. The molecule has 0 spiro atoms. The number of allylic oxidation sites excluding steroid dienone is 1. The summed E-state index contributed by atoms with van der Waals surface area (Å²) in [5, 5.41) is 40.3. The second-order valence-electron chi connectivity index (χ2n) is 28.2. The topological polar surface area (TPSA) is 384 Å². The number of fused-ring (bicyclic) bond motifs is 4. The third-order valence-electron chi connectivity index (χ3n) is 20.6. The number of benzene rings is 4. The molecular weight excluding hydrogens is 1630 g/mol.